The molecule has 0 unspecified atom stereocenters. The van der Waals surface area contributed by atoms with E-state index < -0.39 is 0 Å². The molecule has 10 aromatic rings. The van der Waals surface area contributed by atoms with Crippen LogP contribution in [0.5, 0.6) is 0 Å². The highest BCUT2D eigenvalue weighted by molar-refractivity contribution is 8.05. The maximum Gasteiger partial charge on any atom is 0.0692 e. The molecule has 1 aliphatic carbocycles. The minimum atomic E-state index is -0.159. The van der Waals surface area contributed by atoms with Gasteiger partial charge in [-0.3, -0.25) is 0 Å². The van der Waals surface area contributed by atoms with Crippen LogP contribution in [0, 0.1) is 0 Å². The molecule has 2 heterocycles. The fraction of sp³-hybridized carbons (Fsp3) is 0.0545. The first-order valence-electron chi connectivity index (χ1n) is 20.3. The van der Waals surface area contributed by atoms with Gasteiger partial charge in [-0.05, 0) is 99.4 Å². The van der Waals surface area contributed by atoms with Crippen molar-refractivity contribution in [3.63, 3.8) is 0 Å². The van der Waals surface area contributed by atoms with E-state index in [0.29, 0.717) is 0 Å². The standard InChI is InChI=1S/C55H38N2S2/c1-55(2)46-19-9-8-18-42(46)43-31-32-44-45-33-34-50-54(59-49-22-11-10-21-48(49)58-50)53(45)57(52(44)51(43)55)40-29-25-36(26-30-40)35-23-27-39(28-24-35)56(38-15-4-3-5-16-38)47-20-12-14-37-13-6-7-17-41(37)47/h3-34H,1-2H3. The lowest BCUT2D eigenvalue weighted by Gasteiger charge is -2.27. The Morgan fingerprint density at radius 1 is 0.441 bits per heavy atom. The van der Waals surface area contributed by atoms with Crippen LogP contribution in [-0.2, 0) is 5.41 Å². The summed E-state index contributed by atoms with van der Waals surface area (Å²) in [5.41, 5.74) is 14.9. The Kier molecular flexibility index (Phi) is 7.78. The molecule has 0 saturated heterocycles. The highest BCUT2D eigenvalue weighted by atomic mass is 32.2. The fourth-order valence-corrected chi connectivity index (χ4v) is 12.1. The molecule has 0 spiro atoms. The molecule has 0 fully saturated rings. The van der Waals surface area contributed by atoms with Crippen molar-refractivity contribution in [2.24, 2.45) is 0 Å². The number of anilines is 3. The van der Waals surface area contributed by atoms with Gasteiger partial charge in [-0.15, -0.1) is 0 Å². The zero-order chi connectivity index (χ0) is 39.2. The number of aromatic nitrogens is 1. The molecule has 0 saturated carbocycles. The van der Waals surface area contributed by atoms with Gasteiger partial charge in [0, 0.05) is 53.3 Å². The molecule has 0 N–H and O–H groups in total. The minimum Gasteiger partial charge on any atom is -0.310 e. The van der Waals surface area contributed by atoms with Crippen LogP contribution < -0.4 is 4.90 Å². The Morgan fingerprint density at radius 2 is 1.07 bits per heavy atom. The first-order chi connectivity index (χ1) is 29.0. The molecule has 59 heavy (non-hydrogen) atoms. The van der Waals surface area contributed by atoms with Crippen LogP contribution in [0.25, 0.3) is 60.5 Å². The van der Waals surface area contributed by atoms with Gasteiger partial charge in [0.15, 0.2) is 0 Å². The molecule has 280 valence electrons. The molecule has 4 heteroatoms. The van der Waals surface area contributed by atoms with Crippen molar-refractivity contribution in [2.45, 2.75) is 38.8 Å². The fourth-order valence-electron chi connectivity index (χ4n) is 9.70. The van der Waals surface area contributed by atoms with Crippen molar-refractivity contribution in [1.82, 2.24) is 4.57 Å². The average molecular weight is 791 g/mol. The van der Waals surface area contributed by atoms with E-state index in [0.717, 1.165) is 17.1 Å². The van der Waals surface area contributed by atoms with E-state index in [-0.39, 0.29) is 5.41 Å². The molecule has 1 aromatic heterocycles. The number of rotatable bonds is 5. The number of hydrogen-bond acceptors (Lipinski definition) is 3. The summed E-state index contributed by atoms with van der Waals surface area (Å²) in [5, 5.41) is 5.06. The van der Waals surface area contributed by atoms with Gasteiger partial charge in [-0.25, -0.2) is 0 Å². The lowest BCUT2D eigenvalue weighted by molar-refractivity contribution is 0.664. The lowest BCUT2D eigenvalue weighted by Crippen LogP contribution is -2.16. The topological polar surface area (TPSA) is 8.17 Å². The summed E-state index contributed by atoms with van der Waals surface area (Å²) in [6.45, 7) is 4.81. The number of para-hydroxylation sites is 1. The van der Waals surface area contributed by atoms with E-state index in [9.17, 15) is 0 Å². The van der Waals surface area contributed by atoms with Crippen molar-refractivity contribution < 1.29 is 0 Å². The van der Waals surface area contributed by atoms with E-state index in [4.69, 9.17) is 0 Å². The van der Waals surface area contributed by atoms with Crippen LogP contribution in [0.3, 0.4) is 0 Å². The van der Waals surface area contributed by atoms with Crippen molar-refractivity contribution >= 4 is 73.2 Å². The van der Waals surface area contributed by atoms with Gasteiger partial charge in [0.05, 0.1) is 21.6 Å². The second-order valence-electron chi connectivity index (χ2n) is 16.1. The molecule has 0 bridgehead atoms. The number of benzene rings is 9. The van der Waals surface area contributed by atoms with Crippen LogP contribution in [-0.4, -0.2) is 4.57 Å². The third-order valence-corrected chi connectivity index (χ3v) is 15.0. The predicted octanol–water partition coefficient (Wildman–Crippen LogP) is 16.0. The average Bonchev–Trinajstić information content (AvgIpc) is 3.75. The van der Waals surface area contributed by atoms with Crippen molar-refractivity contribution in [2.75, 3.05) is 4.90 Å². The summed E-state index contributed by atoms with van der Waals surface area (Å²) >= 11 is 3.80. The number of nitrogens with zero attached hydrogens (tertiary/aromatic N) is 2. The Morgan fingerprint density at radius 3 is 1.88 bits per heavy atom. The summed E-state index contributed by atoms with van der Waals surface area (Å²) in [7, 11) is 0. The second-order valence-corrected chi connectivity index (χ2v) is 18.2. The molecular weight excluding hydrogens is 753 g/mol. The first-order valence-corrected chi connectivity index (χ1v) is 21.9. The van der Waals surface area contributed by atoms with Gasteiger partial charge in [0.2, 0.25) is 0 Å². The highest BCUT2D eigenvalue weighted by Crippen LogP contribution is 2.56. The Labute approximate surface area is 352 Å². The molecular formula is C55H38N2S2. The maximum atomic E-state index is 2.59. The molecule has 2 nitrogen and oxygen atoms in total. The van der Waals surface area contributed by atoms with Crippen molar-refractivity contribution in [3.05, 3.63) is 205 Å². The van der Waals surface area contributed by atoms with E-state index in [2.05, 4.69) is 217 Å². The predicted molar refractivity (Wildman–Crippen MR) is 251 cm³/mol. The van der Waals surface area contributed by atoms with E-state index >= 15 is 0 Å². The molecule has 0 amide bonds. The van der Waals surface area contributed by atoms with Crippen LogP contribution in [0.15, 0.2) is 214 Å². The van der Waals surface area contributed by atoms with Crippen molar-refractivity contribution in [3.8, 4) is 27.9 Å². The molecule has 12 rings (SSSR count). The summed E-state index contributed by atoms with van der Waals surface area (Å²) in [6, 6.07) is 71.4. The summed E-state index contributed by atoms with van der Waals surface area (Å²) < 4.78 is 2.59. The molecule has 0 atom stereocenters. The van der Waals surface area contributed by atoms with Gasteiger partial charge in [0.25, 0.3) is 0 Å². The first kappa shape index (κ1) is 34.6. The van der Waals surface area contributed by atoms with Crippen LogP contribution in [0.2, 0.25) is 0 Å². The summed E-state index contributed by atoms with van der Waals surface area (Å²) in [6.07, 6.45) is 0. The van der Waals surface area contributed by atoms with E-state index in [1.807, 2.05) is 23.5 Å². The minimum absolute atomic E-state index is 0.159. The van der Waals surface area contributed by atoms with Gasteiger partial charge < -0.3 is 9.47 Å². The van der Waals surface area contributed by atoms with E-state index in [1.54, 1.807) is 0 Å². The highest BCUT2D eigenvalue weighted by Gasteiger charge is 2.39. The summed E-state index contributed by atoms with van der Waals surface area (Å²) in [5.74, 6) is 0. The maximum absolute atomic E-state index is 2.59. The smallest absolute Gasteiger partial charge is 0.0692 e. The Bertz CT molecular complexity index is 3280. The normalized spacial score (nSPS) is 13.6. The third-order valence-electron chi connectivity index (χ3n) is 12.4. The zero-order valence-corrected chi connectivity index (χ0v) is 34.3. The van der Waals surface area contributed by atoms with Crippen molar-refractivity contribution in [1.29, 1.82) is 0 Å². The zero-order valence-electron chi connectivity index (χ0n) is 32.7. The van der Waals surface area contributed by atoms with Gasteiger partial charge in [-0.1, -0.05) is 171 Å². The van der Waals surface area contributed by atoms with Gasteiger partial charge >= 0.3 is 0 Å². The molecule has 2 aliphatic rings. The molecule has 0 radical (unpaired) electrons. The SMILES string of the molecule is CC1(C)c2ccccc2-c2ccc3c4ccc5c(c4n(-c4ccc(-c6ccc(N(c7ccccc7)c7cccc8ccccc78)cc6)cc4)c3c21)Sc1ccccc1S5. The van der Waals surface area contributed by atoms with Crippen LogP contribution >= 0.6 is 23.5 Å². The third kappa shape index (κ3) is 5.30. The van der Waals surface area contributed by atoms with Crippen LogP contribution in [0.4, 0.5) is 17.1 Å². The molecule has 9 aromatic carbocycles. The monoisotopic (exact) mass is 790 g/mol. The summed E-state index contributed by atoms with van der Waals surface area (Å²) in [4.78, 5) is 7.65. The van der Waals surface area contributed by atoms with Gasteiger partial charge in [0.1, 0.15) is 0 Å². The quantitative estimate of drug-likeness (QED) is 0.172. The Hall–Kier alpha value is -6.46. The van der Waals surface area contributed by atoms with E-state index in [1.165, 1.54) is 91.2 Å². The largest absolute Gasteiger partial charge is 0.310 e. The Balaban J connectivity index is 1.00. The second kappa shape index (κ2) is 13.3. The number of hydrogen-bond donors (Lipinski definition) is 0. The van der Waals surface area contributed by atoms with Crippen LogP contribution in [0.1, 0.15) is 25.0 Å². The lowest BCUT2D eigenvalue weighted by atomic mass is 9.81. The number of fused-ring (bicyclic) bond motifs is 11. The molecule has 1 aliphatic heterocycles. The van der Waals surface area contributed by atoms with Gasteiger partial charge in [-0.2, -0.15) is 0 Å².